The topological polar surface area (TPSA) is 101 Å². The number of hydrogen-bond acceptors (Lipinski definition) is 6. The number of carbonyl (C=O) groups is 1. The van der Waals surface area contributed by atoms with E-state index in [0.717, 1.165) is 34.4 Å². The molecule has 0 amide bonds. The molecule has 0 aliphatic carbocycles. The van der Waals surface area contributed by atoms with Crippen molar-refractivity contribution in [3.8, 4) is 21.9 Å². The van der Waals surface area contributed by atoms with Crippen LogP contribution in [-0.4, -0.2) is 31.7 Å². The number of methoxy groups -OCH3 is 1. The lowest BCUT2D eigenvalue weighted by Gasteiger charge is -2.13. The molecule has 0 fully saturated rings. The molecule has 0 atom stereocenters. The second kappa shape index (κ2) is 8.25. The summed E-state index contributed by atoms with van der Waals surface area (Å²) >= 11 is 1.37. The summed E-state index contributed by atoms with van der Waals surface area (Å²) in [7, 11) is -2.88. The quantitative estimate of drug-likeness (QED) is 0.405. The van der Waals surface area contributed by atoms with Gasteiger partial charge in [0, 0.05) is 26.8 Å². The van der Waals surface area contributed by atoms with Crippen LogP contribution in [0.3, 0.4) is 0 Å². The van der Waals surface area contributed by atoms with Crippen molar-refractivity contribution in [3.63, 3.8) is 0 Å². The molecule has 9 heteroatoms. The lowest BCUT2D eigenvalue weighted by molar-refractivity contribution is 0.0696. The summed E-state index contributed by atoms with van der Waals surface area (Å²) in [6, 6.07) is 14.9. The molecule has 0 bridgehead atoms. The van der Waals surface area contributed by atoms with Gasteiger partial charge in [0.1, 0.15) is 22.2 Å². The van der Waals surface area contributed by atoms with Crippen molar-refractivity contribution in [3.05, 3.63) is 77.6 Å². The van der Waals surface area contributed by atoms with E-state index < -0.39 is 38.0 Å². The number of fused-ring (bicyclic) bond motifs is 1. The maximum atomic E-state index is 14.9. The fourth-order valence-corrected chi connectivity index (χ4v) is 5.95. The number of rotatable bonds is 6. The van der Waals surface area contributed by atoms with Crippen LogP contribution in [0.1, 0.15) is 15.9 Å². The first-order chi connectivity index (χ1) is 15.2. The number of carboxylic acid groups (broad SMARTS) is 1. The van der Waals surface area contributed by atoms with Crippen LogP contribution in [0.4, 0.5) is 4.39 Å². The second-order valence-corrected chi connectivity index (χ2v) is 10.1. The fourth-order valence-electron chi connectivity index (χ4n) is 3.38. The van der Waals surface area contributed by atoms with Gasteiger partial charge in [0.05, 0.1) is 18.4 Å². The third kappa shape index (κ3) is 4.04. The van der Waals surface area contributed by atoms with Gasteiger partial charge in [-0.15, -0.1) is 11.3 Å². The highest BCUT2D eigenvalue weighted by molar-refractivity contribution is 7.90. The van der Waals surface area contributed by atoms with Crippen molar-refractivity contribution in [2.24, 2.45) is 0 Å². The molecule has 1 aromatic heterocycles. The number of hydrogen-bond donors (Lipinski definition) is 2. The van der Waals surface area contributed by atoms with Gasteiger partial charge in [-0.3, -0.25) is 0 Å². The standard InChI is InChI=1S/C23H17FO6S2/c1-30-19-11-17(24)16(21-9-13-4-2-3-5-20(13)31-21)8-15(19)12-32(28,29)22-10-14(23(26)27)6-7-18(22)25/h2-11,25H,12H2,1H3,(H,26,27). The summed E-state index contributed by atoms with van der Waals surface area (Å²) in [6.07, 6.45) is 0. The smallest absolute Gasteiger partial charge is 0.335 e. The average molecular weight is 473 g/mol. The zero-order valence-corrected chi connectivity index (χ0v) is 18.3. The minimum atomic E-state index is -4.18. The van der Waals surface area contributed by atoms with Crippen molar-refractivity contribution in [2.75, 3.05) is 7.11 Å². The maximum Gasteiger partial charge on any atom is 0.335 e. The third-order valence-corrected chi connectivity index (χ3v) is 7.79. The number of ether oxygens (including phenoxy) is 1. The third-order valence-electron chi connectivity index (χ3n) is 4.95. The van der Waals surface area contributed by atoms with E-state index in [9.17, 15) is 22.7 Å². The average Bonchev–Trinajstić information content (AvgIpc) is 3.18. The molecule has 164 valence electrons. The van der Waals surface area contributed by atoms with Crippen molar-refractivity contribution in [2.45, 2.75) is 10.6 Å². The molecule has 32 heavy (non-hydrogen) atoms. The van der Waals surface area contributed by atoms with Crippen LogP contribution in [0.15, 0.2) is 65.6 Å². The van der Waals surface area contributed by atoms with Crippen LogP contribution >= 0.6 is 11.3 Å². The van der Waals surface area contributed by atoms with Gasteiger partial charge in [0.25, 0.3) is 0 Å². The van der Waals surface area contributed by atoms with Crippen LogP contribution in [0, 0.1) is 5.82 Å². The highest BCUT2D eigenvalue weighted by Gasteiger charge is 2.25. The van der Waals surface area contributed by atoms with Crippen LogP contribution in [0.25, 0.3) is 20.5 Å². The number of sulfone groups is 1. The number of halogens is 1. The Kier molecular flexibility index (Phi) is 5.62. The van der Waals surface area contributed by atoms with Crippen LogP contribution < -0.4 is 4.74 Å². The summed E-state index contributed by atoms with van der Waals surface area (Å²) in [5.41, 5.74) is 0.126. The van der Waals surface area contributed by atoms with Gasteiger partial charge in [-0.25, -0.2) is 17.6 Å². The molecule has 4 aromatic rings. The molecular weight excluding hydrogens is 455 g/mol. The molecule has 1 heterocycles. The monoisotopic (exact) mass is 472 g/mol. The van der Waals surface area contributed by atoms with Crippen molar-refractivity contribution >= 4 is 37.2 Å². The summed E-state index contributed by atoms with van der Waals surface area (Å²) in [4.78, 5) is 11.3. The summed E-state index contributed by atoms with van der Waals surface area (Å²) in [6.45, 7) is 0. The van der Waals surface area contributed by atoms with Gasteiger partial charge in [-0.05, 0) is 41.8 Å². The number of aromatic hydroxyl groups is 1. The first-order valence-corrected chi connectivity index (χ1v) is 11.8. The predicted molar refractivity (Wildman–Crippen MR) is 120 cm³/mol. The van der Waals surface area contributed by atoms with Crippen molar-refractivity contribution in [1.82, 2.24) is 0 Å². The first-order valence-electron chi connectivity index (χ1n) is 9.34. The van der Waals surface area contributed by atoms with Gasteiger partial charge in [-0.1, -0.05) is 18.2 Å². The van der Waals surface area contributed by atoms with Gasteiger partial charge in [-0.2, -0.15) is 0 Å². The number of benzene rings is 3. The predicted octanol–water partition coefficient (Wildman–Crippen LogP) is 5.09. The largest absolute Gasteiger partial charge is 0.507 e. The Morgan fingerprint density at radius 2 is 1.84 bits per heavy atom. The molecule has 0 spiro atoms. The first kappa shape index (κ1) is 21.8. The number of phenolic OH excluding ortho intramolecular Hbond substituents is 1. The van der Waals surface area contributed by atoms with Gasteiger partial charge in [0.15, 0.2) is 9.84 Å². The fraction of sp³-hybridized carbons (Fsp3) is 0.0870. The Morgan fingerprint density at radius 1 is 1.09 bits per heavy atom. The Labute approximate surface area is 187 Å². The molecule has 3 aromatic carbocycles. The summed E-state index contributed by atoms with van der Waals surface area (Å²) in [5.74, 6) is -3.05. The molecule has 0 aliphatic rings. The second-order valence-electron chi connectivity index (χ2n) is 7.04. The minimum Gasteiger partial charge on any atom is -0.507 e. The lowest BCUT2D eigenvalue weighted by Crippen LogP contribution is -2.09. The zero-order valence-electron chi connectivity index (χ0n) is 16.7. The Balaban J connectivity index is 1.80. The van der Waals surface area contributed by atoms with Gasteiger partial charge in [0.2, 0.25) is 0 Å². The van der Waals surface area contributed by atoms with E-state index in [4.69, 9.17) is 9.84 Å². The molecule has 0 aliphatic heterocycles. The van der Waals surface area contributed by atoms with E-state index in [1.54, 1.807) is 0 Å². The zero-order chi connectivity index (χ0) is 23.0. The number of phenols is 1. The lowest BCUT2D eigenvalue weighted by atomic mass is 10.1. The molecule has 0 saturated heterocycles. The summed E-state index contributed by atoms with van der Waals surface area (Å²) < 4.78 is 47.1. The Hall–Kier alpha value is -3.43. The minimum absolute atomic E-state index is 0.0322. The van der Waals surface area contributed by atoms with E-state index in [1.165, 1.54) is 24.5 Å². The number of aromatic carboxylic acids is 1. The molecule has 6 nitrogen and oxygen atoms in total. The molecule has 2 N–H and O–H groups in total. The molecule has 4 rings (SSSR count). The molecule has 0 radical (unpaired) electrons. The molecule has 0 saturated carbocycles. The summed E-state index contributed by atoms with van der Waals surface area (Å²) in [5, 5.41) is 20.1. The van der Waals surface area contributed by atoms with E-state index in [1.807, 2.05) is 30.3 Å². The SMILES string of the molecule is COc1cc(F)c(-c2cc3ccccc3s2)cc1CS(=O)(=O)c1cc(C(=O)O)ccc1O. The Morgan fingerprint density at radius 3 is 2.53 bits per heavy atom. The van der Waals surface area contributed by atoms with Crippen LogP contribution in [0.5, 0.6) is 11.5 Å². The van der Waals surface area contributed by atoms with E-state index in [2.05, 4.69) is 0 Å². The van der Waals surface area contributed by atoms with Gasteiger partial charge >= 0.3 is 5.97 Å². The molecular formula is C23H17FO6S2. The van der Waals surface area contributed by atoms with E-state index in [-0.39, 0.29) is 22.4 Å². The van der Waals surface area contributed by atoms with Crippen molar-refractivity contribution in [1.29, 1.82) is 0 Å². The van der Waals surface area contributed by atoms with Gasteiger partial charge < -0.3 is 14.9 Å². The number of carboxylic acids is 1. The van der Waals surface area contributed by atoms with E-state index >= 15 is 0 Å². The van der Waals surface area contributed by atoms with Crippen LogP contribution in [0.2, 0.25) is 0 Å². The Bertz CT molecular complexity index is 1420. The highest BCUT2D eigenvalue weighted by atomic mass is 32.2. The van der Waals surface area contributed by atoms with Crippen molar-refractivity contribution < 1.29 is 32.6 Å². The highest BCUT2D eigenvalue weighted by Crippen LogP contribution is 2.38. The number of thiophene rings is 1. The molecule has 0 unspecified atom stereocenters. The maximum absolute atomic E-state index is 14.9. The van der Waals surface area contributed by atoms with Crippen LogP contribution in [-0.2, 0) is 15.6 Å². The van der Waals surface area contributed by atoms with E-state index in [0.29, 0.717) is 4.88 Å². The normalized spacial score (nSPS) is 11.6.